The third-order valence-corrected chi connectivity index (χ3v) is 3.56. The highest BCUT2D eigenvalue weighted by Crippen LogP contribution is 2.23. The quantitative estimate of drug-likeness (QED) is 0.723. The predicted molar refractivity (Wildman–Crippen MR) is 76.8 cm³/mol. The van der Waals surface area contributed by atoms with Crippen LogP contribution < -0.4 is 10.2 Å². The van der Waals surface area contributed by atoms with Gasteiger partial charge >= 0.3 is 0 Å². The van der Waals surface area contributed by atoms with Crippen LogP contribution in [-0.4, -0.2) is 24.6 Å². The van der Waals surface area contributed by atoms with E-state index in [1.54, 1.807) is 0 Å². The highest BCUT2D eigenvalue weighted by molar-refractivity contribution is 7.15. The number of nitrogens with zero attached hydrogens (tertiary/aromatic N) is 2. The van der Waals surface area contributed by atoms with Crippen molar-refractivity contribution in [3.63, 3.8) is 0 Å². The van der Waals surface area contributed by atoms with Crippen LogP contribution in [0, 0.1) is 5.92 Å². The van der Waals surface area contributed by atoms with E-state index in [2.05, 4.69) is 42.9 Å². The van der Waals surface area contributed by atoms with Gasteiger partial charge in [0.25, 0.3) is 0 Å². The Balaban J connectivity index is 2.52. The van der Waals surface area contributed by atoms with Crippen LogP contribution >= 0.6 is 11.3 Å². The van der Waals surface area contributed by atoms with Crippen molar-refractivity contribution in [1.82, 2.24) is 10.3 Å². The Hall–Kier alpha value is -0.610. The molecule has 0 aliphatic carbocycles. The van der Waals surface area contributed by atoms with E-state index < -0.39 is 0 Å². The van der Waals surface area contributed by atoms with Crippen molar-refractivity contribution in [2.75, 3.05) is 24.5 Å². The molecule has 1 aromatic rings. The minimum absolute atomic E-state index is 0.681. The third kappa shape index (κ3) is 5.04. The first kappa shape index (κ1) is 14.5. The van der Waals surface area contributed by atoms with Crippen LogP contribution in [-0.2, 0) is 6.54 Å². The largest absolute Gasteiger partial charge is 0.348 e. The third-order valence-electron chi connectivity index (χ3n) is 2.51. The van der Waals surface area contributed by atoms with E-state index in [0.29, 0.717) is 5.92 Å². The van der Waals surface area contributed by atoms with Gasteiger partial charge in [0.1, 0.15) is 0 Å². The molecule has 0 aliphatic heterocycles. The maximum Gasteiger partial charge on any atom is 0.185 e. The van der Waals surface area contributed by atoms with E-state index in [9.17, 15) is 0 Å². The Bertz CT molecular complexity index is 309. The molecule has 0 radical (unpaired) electrons. The molecule has 1 aromatic heterocycles. The Morgan fingerprint density at radius 2 is 2.18 bits per heavy atom. The summed E-state index contributed by atoms with van der Waals surface area (Å²) in [6.45, 7) is 13.0. The molecule has 3 nitrogen and oxygen atoms in total. The van der Waals surface area contributed by atoms with Crippen LogP contribution in [0.25, 0.3) is 0 Å². The Kier molecular flexibility index (Phi) is 6.52. The van der Waals surface area contributed by atoms with E-state index in [-0.39, 0.29) is 0 Å². The lowest BCUT2D eigenvalue weighted by atomic mass is 10.2. The second kappa shape index (κ2) is 7.67. The number of hydrogen-bond acceptors (Lipinski definition) is 4. The van der Waals surface area contributed by atoms with E-state index in [1.165, 1.54) is 11.3 Å². The number of anilines is 1. The number of aromatic nitrogens is 1. The van der Waals surface area contributed by atoms with Crippen LogP contribution in [0.5, 0.6) is 0 Å². The SMILES string of the molecule is CCCNCc1cnc(N(CC)CC(C)C)s1. The van der Waals surface area contributed by atoms with Gasteiger partial charge in [0, 0.05) is 30.7 Å². The molecule has 0 fully saturated rings. The number of nitrogens with one attached hydrogen (secondary N) is 1. The number of thiazole rings is 1. The molecule has 0 bridgehead atoms. The van der Waals surface area contributed by atoms with Gasteiger partial charge in [-0.3, -0.25) is 0 Å². The van der Waals surface area contributed by atoms with Gasteiger partial charge in [-0.25, -0.2) is 4.98 Å². The molecule has 0 atom stereocenters. The molecule has 1 rings (SSSR count). The first-order chi connectivity index (χ1) is 8.17. The molecule has 1 N–H and O–H groups in total. The van der Waals surface area contributed by atoms with Gasteiger partial charge in [0.2, 0.25) is 0 Å². The van der Waals surface area contributed by atoms with Crippen molar-refractivity contribution >= 4 is 16.5 Å². The van der Waals surface area contributed by atoms with Gasteiger partial charge < -0.3 is 10.2 Å². The minimum Gasteiger partial charge on any atom is -0.348 e. The Labute approximate surface area is 109 Å². The molecule has 98 valence electrons. The molecule has 17 heavy (non-hydrogen) atoms. The Morgan fingerprint density at radius 3 is 2.76 bits per heavy atom. The molecule has 1 heterocycles. The average molecular weight is 255 g/mol. The van der Waals surface area contributed by atoms with Crippen molar-refractivity contribution in [2.24, 2.45) is 5.92 Å². The van der Waals surface area contributed by atoms with Gasteiger partial charge in [-0.2, -0.15) is 0 Å². The standard InChI is InChI=1S/C13H25N3S/c1-5-7-14-8-12-9-15-13(17-12)16(6-2)10-11(3)4/h9,11,14H,5-8,10H2,1-4H3. The summed E-state index contributed by atoms with van der Waals surface area (Å²) in [5.41, 5.74) is 0. The fraction of sp³-hybridized carbons (Fsp3) is 0.769. The van der Waals surface area contributed by atoms with Gasteiger partial charge in [-0.15, -0.1) is 11.3 Å². The normalized spacial score (nSPS) is 11.1. The van der Waals surface area contributed by atoms with Crippen LogP contribution in [0.1, 0.15) is 39.0 Å². The molecule has 0 saturated heterocycles. The second-order valence-electron chi connectivity index (χ2n) is 4.72. The molecule has 0 aromatic carbocycles. The smallest absolute Gasteiger partial charge is 0.185 e. The van der Waals surface area contributed by atoms with E-state index in [1.807, 2.05) is 17.5 Å². The number of hydrogen-bond donors (Lipinski definition) is 1. The van der Waals surface area contributed by atoms with Crippen LogP contribution in [0.15, 0.2) is 6.20 Å². The number of rotatable bonds is 8. The lowest BCUT2D eigenvalue weighted by molar-refractivity contribution is 0.618. The zero-order chi connectivity index (χ0) is 12.7. The summed E-state index contributed by atoms with van der Waals surface area (Å²) >= 11 is 1.81. The van der Waals surface area contributed by atoms with E-state index in [4.69, 9.17) is 0 Å². The minimum atomic E-state index is 0.681. The summed E-state index contributed by atoms with van der Waals surface area (Å²) < 4.78 is 0. The van der Waals surface area contributed by atoms with Gasteiger partial charge in [0.15, 0.2) is 5.13 Å². The zero-order valence-electron chi connectivity index (χ0n) is 11.5. The molecule has 0 unspecified atom stereocenters. The summed E-state index contributed by atoms with van der Waals surface area (Å²) in [5, 5.41) is 4.58. The summed E-state index contributed by atoms with van der Waals surface area (Å²) in [4.78, 5) is 8.21. The zero-order valence-corrected chi connectivity index (χ0v) is 12.3. The van der Waals surface area contributed by atoms with Crippen LogP contribution in [0.4, 0.5) is 5.13 Å². The van der Waals surface area contributed by atoms with E-state index in [0.717, 1.165) is 31.3 Å². The Morgan fingerprint density at radius 1 is 1.41 bits per heavy atom. The first-order valence-corrected chi connectivity index (χ1v) is 7.39. The molecule has 4 heteroatoms. The highest BCUT2D eigenvalue weighted by atomic mass is 32.1. The van der Waals surface area contributed by atoms with Gasteiger partial charge in [-0.05, 0) is 25.8 Å². The maximum absolute atomic E-state index is 4.52. The van der Waals surface area contributed by atoms with Gasteiger partial charge in [0.05, 0.1) is 0 Å². The lowest BCUT2D eigenvalue weighted by Gasteiger charge is -2.21. The van der Waals surface area contributed by atoms with E-state index >= 15 is 0 Å². The monoisotopic (exact) mass is 255 g/mol. The molecule has 0 saturated carbocycles. The summed E-state index contributed by atoms with van der Waals surface area (Å²) in [6, 6.07) is 0. The van der Waals surface area contributed by atoms with Crippen molar-refractivity contribution in [2.45, 2.75) is 40.7 Å². The summed E-state index contributed by atoms with van der Waals surface area (Å²) in [6.07, 6.45) is 3.19. The fourth-order valence-corrected chi connectivity index (χ4v) is 2.65. The summed E-state index contributed by atoms with van der Waals surface area (Å²) in [5.74, 6) is 0.681. The van der Waals surface area contributed by atoms with Crippen molar-refractivity contribution in [3.8, 4) is 0 Å². The summed E-state index contributed by atoms with van der Waals surface area (Å²) in [7, 11) is 0. The van der Waals surface area contributed by atoms with Crippen LogP contribution in [0.2, 0.25) is 0 Å². The molecule has 0 amide bonds. The maximum atomic E-state index is 4.52. The van der Waals surface area contributed by atoms with Gasteiger partial charge in [-0.1, -0.05) is 20.8 Å². The average Bonchev–Trinajstić information content (AvgIpc) is 2.74. The fourth-order valence-electron chi connectivity index (χ4n) is 1.70. The van der Waals surface area contributed by atoms with Crippen LogP contribution in [0.3, 0.4) is 0 Å². The first-order valence-electron chi connectivity index (χ1n) is 6.57. The molecule has 0 spiro atoms. The predicted octanol–water partition coefficient (Wildman–Crippen LogP) is 3.13. The van der Waals surface area contributed by atoms with Crippen molar-refractivity contribution in [3.05, 3.63) is 11.1 Å². The topological polar surface area (TPSA) is 28.2 Å². The highest BCUT2D eigenvalue weighted by Gasteiger charge is 2.10. The second-order valence-corrected chi connectivity index (χ2v) is 5.81. The molecular formula is C13H25N3S. The molecule has 0 aliphatic rings. The van der Waals surface area contributed by atoms with Crippen molar-refractivity contribution < 1.29 is 0 Å². The molecular weight excluding hydrogens is 230 g/mol. The lowest BCUT2D eigenvalue weighted by Crippen LogP contribution is -2.26. The van der Waals surface area contributed by atoms with Crippen molar-refractivity contribution in [1.29, 1.82) is 0 Å².